The van der Waals surface area contributed by atoms with Gasteiger partial charge in [0.05, 0.1) is 23.4 Å². The van der Waals surface area contributed by atoms with Crippen LogP contribution in [0.2, 0.25) is 0 Å². The lowest BCUT2D eigenvalue weighted by Crippen LogP contribution is -2.68. The van der Waals surface area contributed by atoms with Gasteiger partial charge in [0.2, 0.25) is 6.20 Å². The van der Waals surface area contributed by atoms with Crippen molar-refractivity contribution in [1.29, 1.82) is 0 Å². The third-order valence-corrected chi connectivity index (χ3v) is 7.98. The van der Waals surface area contributed by atoms with Crippen LogP contribution < -0.4 is 20.9 Å². The predicted octanol–water partition coefficient (Wildman–Crippen LogP) is 0.0368. The van der Waals surface area contributed by atoms with Crippen molar-refractivity contribution in [3.63, 3.8) is 0 Å². The summed E-state index contributed by atoms with van der Waals surface area (Å²) >= 11 is 0.989. The topological polar surface area (TPSA) is 243 Å². The molecule has 0 saturated carbocycles. The summed E-state index contributed by atoms with van der Waals surface area (Å²) < 4.78 is 45.1. The van der Waals surface area contributed by atoms with Crippen LogP contribution in [0.1, 0.15) is 32.4 Å². The Labute approximate surface area is 255 Å². The number of carbonyl (C=O) groups excluding carboxylic acids is 2. The van der Waals surface area contributed by atoms with Crippen molar-refractivity contribution < 1.29 is 51.0 Å². The number of benzene rings is 1. The van der Waals surface area contributed by atoms with E-state index in [-0.39, 0.29) is 10.8 Å². The highest BCUT2D eigenvalue weighted by Crippen LogP contribution is 2.40. The Bertz CT molecular complexity index is 1720. The molecule has 44 heavy (non-hydrogen) atoms. The summed E-state index contributed by atoms with van der Waals surface area (Å²) in [6.07, 6.45) is 0.554. The second-order valence-electron chi connectivity index (χ2n) is 10.4. The number of hydrogen-bond acceptors (Lipinski definition) is 13. The molecule has 0 radical (unpaired) electrons. The molecule has 1 aliphatic heterocycles. The minimum atomic E-state index is -4.98. The lowest BCUT2D eigenvalue weighted by molar-refractivity contribution is -0.751. The zero-order chi connectivity index (χ0) is 32.4. The average molecular weight is 655 g/mol. The maximum Gasteiger partial charge on any atom is 0.418 e. The van der Waals surface area contributed by atoms with Gasteiger partial charge in [0, 0.05) is 11.8 Å². The van der Waals surface area contributed by atoms with Gasteiger partial charge < -0.3 is 26.1 Å². The van der Waals surface area contributed by atoms with Crippen LogP contribution in [0.3, 0.4) is 0 Å². The number of anilines is 1. The van der Waals surface area contributed by atoms with Crippen LogP contribution in [0.4, 0.5) is 5.13 Å². The van der Waals surface area contributed by atoms with Crippen molar-refractivity contribution in [2.45, 2.75) is 44.9 Å². The largest absolute Gasteiger partial charge is 0.489 e. The van der Waals surface area contributed by atoms with Crippen LogP contribution in [-0.2, 0) is 47.5 Å². The fourth-order valence-electron chi connectivity index (χ4n) is 4.64. The molecule has 4 rings (SSSR count). The molecule has 0 spiro atoms. The second kappa shape index (κ2) is 12.8. The van der Waals surface area contributed by atoms with Crippen molar-refractivity contribution in [1.82, 2.24) is 14.7 Å². The SMILES string of the molecule is C[n+]1cc2cc(OC[C@H](O/N=C(\C(=O)C[C@@H]3C(=O)N(OS(=O)(=O)O)C3(C)C)c3csc(N)n3)C(=O)O)ccc2n1CCCN. The number of β-lactam (4-membered cyclic amide) rings is 1. The number of aliphatic carboxylic acids is 1. The molecule has 1 aliphatic rings. The van der Waals surface area contributed by atoms with E-state index in [0.717, 1.165) is 35.2 Å². The molecule has 2 atom stereocenters. The number of carboxylic acid groups (broad SMARTS) is 1. The van der Waals surface area contributed by atoms with Gasteiger partial charge in [-0.1, -0.05) is 5.16 Å². The third kappa shape index (κ3) is 7.13. The van der Waals surface area contributed by atoms with Crippen molar-refractivity contribution in [2.24, 2.45) is 23.9 Å². The molecule has 0 aliphatic carbocycles. The predicted molar refractivity (Wildman–Crippen MR) is 155 cm³/mol. The summed E-state index contributed by atoms with van der Waals surface area (Å²) in [5.74, 6) is -3.77. The first kappa shape index (κ1) is 32.7. The van der Waals surface area contributed by atoms with Crippen LogP contribution in [0, 0.1) is 5.92 Å². The normalized spacial score (nSPS) is 17.4. The summed E-state index contributed by atoms with van der Waals surface area (Å²) in [7, 11) is -3.09. The number of thiazole rings is 1. The van der Waals surface area contributed by atoms with E-state index >= 15 is 0 Å². The number of amides is 1. The quantitative estimate of drug-likeness (QED) is 0.0557. The van der Waals surface area contributed by atoms with Gasteiger partial charge in [-0.3, -0.25) is 14.1 Å². The van der Waals surface area contributed by atoms with Crippen molar-refractivity contribution in [3.8, 4) is 5.75 Å². The summed E-state index contributed by atoms with van der Waals surface area (Å²) in [6.45, 7) is 3.65. The van der Waals surface area contributed by atoms with Gasteiger partial charge in [0.15, 0.2) is 23.7 Å². The van der Waals surface area contributed by atoms with Crippen molar-refractivity contribution in [2.75, 3.05) is 18.9 Å². The summed E-state index contributed by atoms with van der Waals surface area (Å²) in [5, 5.41) is 16.3. The van der Waals surface area contributed by atoms with Gasteiger partial charge in [-0.05, 0) is 45.0 Å². The Morgan fingerprint density at radius 2 is 2.05 bits per heavy atom. The Morgan fingerprint density at radius 3 is 2.64 bits per heavy atom. The van der Waals surface area contributed by atoms with E-state index in [1.165, 1.54) is 19.2 Å². The van der Waals surface area contributed by atoms with Crippen LogP contribution in [-0.4, -0.2) is 81.0 Å². The van der Waals surface area contributed by atoms with Gasteiger partial charge in [-0.25, -0.2) is 9.78 Å². The second-order valence-corrected chi connectivity index (χ2v) is 12.3. The van der Waals surface area contributed by atoms with Crippen LogP contribution in [0.25, 0.3) is 10.9 Å². The number of Topliss-reactive ketones (excluding diaryl/α,β-unsaturated/α-hetero) is 1. The first-order chi connectivity index (χ1) is 20.6. The number of carbonyl (C=O) groups is 3. The number of hydroxylamine groups is 2. The number of hydrogen-bond donors (Lipinski definition) is 4. The van der Waals surface area contributed by atoms with Crippen LogP contribution >= 0.6 is 11.3 Å². The van der Waals surface area contributed by atoms with Gasteiger partial charge in [0.1, 0.15) is 23.6 Å². The first-order valence-electron chi connectivity index (χ1n) is 13.2. The molecule has 238 valence electrons. The highest BCUT2D eigenvalue weighted by Gasteiger charge is 2.57. The molecular weight excluding hydrogens is 622 g/mol. The molecule has 6 N–H and O–H groups in total. The Hall–Kier alpha value is -4.17. The van der Waals surface area contributed by atoms with E-state index in [1.54, 1.807) is 12.1 Å². The third-order valence-electron chi connectivity index (χ3n) is 6.97. The van der Waals surface area contributed by atoms with Gasteiger partial charge in [-0.2, -0.15) is 18.2 Å². The number of carboxylic acids is 1. The zero-order valence-corrected chi connectivity index (χ0v) is 25.6. The number of fused-ring (bicyclic) bond motifs is 1. The standard InChI is InChI=1S/C25H31N7O10S2/c1-25(2)16(22(34)32(25)42-44(37,38)39)10-19(33)21(17-13-43-24(27)28-17)29-41-20(23(35)36)12-40-15-5-6-18-14(9-15)11-30(3)31(18)8-4-7-26/h5-6,9,11,13,16,20H,4,7-8,10,12,26H2,1-3H3,(H3-,27,28,35,36,37,38,39)/p+1/b29-21-/t16-,20+/m1/s1. The number of ether oxygens (including phenoxy) is 1. The van der Waals surface area contributed by atoms with Crippen molar-refractivity contribution >= 4 is 61.1 Å². The zero-order valence-electron chi connectivity index (χ0n) is 23.9. The van der Waals surface area contributed by atoms with E-state index in [0.29, 0.717) is 17.4 Å². The molecule has 17 nitrogen and oxygen atoms in total. The molecule has 1 saturated heterocycles. The number of ketones is 1. The van der Waals surface area contributed by atoms with Crippen LogP contribution in [0.5, 0.6) is 5.75 Å². The number of aryl methyl sites for hydroxylation is 2. The molecule has 19 heteroatoms. The maximum absolute atomic E-state index is 13.3. The van der Waals surface area contributed by atoms with Gasteiger partial charge >= 0.3 is 16.4 Å². The Balaban J connectivity index is 1.49. The van der Waals surface area contributed by atoms with E-state index in [1.807, 2.05) is 28.7 Å². The minimum absolute atomic E-state index is 0.0179. The number of nitrogens with two attached hydrogens (primary N) is 2. The van der Waals surface area contributed by atoms with E-state index < -0.39 is 64.4 Å². The van der Waals surface area contributed by atoms with Crippen LogP contribution in [0.15, 0.2) is 34.9 Å². The Morgan fingerprint density at radius 1 is 1.32 bits per heavy atom. The molecule has 0 bridgehead atoms. The molecule has 1 fully saturated rings. The fourth-order valence-corrected chi connectivity index (χ4v) is 5.64. The Kier molecular flexibility index (Phi) is 9.54. The summed E-state index contributed by atoms with van der Waals surface area (Å²) in [5.41, 5.74) is 10.5. The maximum atomic E-state index is 13.3. The number of aromatic nitrogens is 3. The molecule has 3 heterocycles. The number of rotatable bonds is 15. The highest BCUT2D eigenvalue weighted by molar-refractivity contribution is 7.80. The molecule has 0 unspecified atom stereocenters. The monoisotopic (exact) mass is 654 g/mol. The average Bonchev–Trinajstić information content (AvgIpc) is 3.51. The summed E-state index contributed by atoms with van der Waals surface area (Å²) in [4.78, 5) is 47.1. The molecule has 2 aromatic heterocycles. The molecular formula is C25H32N7O10S2+. The number of nitrogens with zero attached hydrogens (tertiary/aromatic N) is 5. The molecule has 1 aromatic carbocycles. The van der Waals surface area contributed by atoms with Crippen molar-refractivity contribution in [3.05, 3.63) is 35.5 Å². The van der Waals surface area contributed by atoms with E-state index in [2.05, 4.69) is 14.4 Å². The van der Waals surface area contributed by atoms with E-state index in [9.17, 15) is 27.9 Å². The number of nitrogen functional groups attached to an aromatic ring is 1. The lowest BCUT2D eigenvalue weighted by Gasteiger charge is -2.50. The first-order valence-corrected chi connectivity index (χ1v) is 15.4. The summed E-state index contributed by atoms with van der Waals surface area (Å²) in [6, 6.07) is 5.27. The lowest BCUT2D eigenvalue weighted by atomic mass is 9.74. The highest BCUT2D eigenvalue weighted by atomic mass is 32.3. The smallest absolute Gasteiger partial charge is 0.418 e. The van der Waals surface area contributed by atoms with Gasteiger partial charge in [0.25, 0.3) is 12.0 Å². The van der Waals surface area contributed by atoms with E-state index in [4.69, 9.17) is 25.6 Å². The molecule has 1 amide bonds. The minimum Gasteiger partial charge on any atom is -0.489 e. The number of oxime groups is 1. The molecule has 3 aromatic rings. The van der Waals surface area contributed by atoms with Gasteiger partial charge in [-0.15, -0.1) is 20.3 Å². The fraction of sp³-hybridized carbons (Fsp3) is 0.440.